The van der Waals surface area contributed by atoms with E-state index >= 15 is 0 Å². The van der Waals surface area contributed by atoms with Crippen molar-refractivity contribution in [1.29, 1.82) is 0 Å². The zero-order valence-electron chi connectivity index (χ0n) is 13.5. The molecule has 0 saturated heterocycles. The highest BCUT2D eigenvalue weighted by molar-refractivity contribution is 6.16. The van der Waals surface area contributed by atoms with E-state index in [0.29, 0.717) is 0 Å². The van der Waals surface area contributed by atoms with Gasteiger partial charge in [0.15, 0.2) is 11.3 Å². The number of ketones is 1. The minimum Gasteiger partial charge on any atom is -0.291 e. The van der Waals surface area contributed by atoms with Crippen molar-refractivity contribution in [1.82, 2.24) is 5.43 Å². The fourth-order valence-electron chi connectivity index (χ4n) is 4.40. The molecule has 5 rings (SSSR count). The van der Waals surface area contributed by atoms with Gasteiger partial charge in [-0.05, 0) is 16.7 Å². The summed E-state index contributed by atoms with van der Waals surface area (Å²) in [5, 5.41) is 4.42. The monoisotopic (exact) mass is 324 g/mol. The maximum atomic E-state index is 13.6. The summed E-state index contributed by atoms with van der Waals surface area (Å²) in [6, 6.07) is 28.0. The lowest BCUT2D eigenvalue weighted by atomic mass is 9.63. The molecule has 3 heteroatoms. The lowest BCUT2D eigenvalue weighted by Crippen LogP contribution is -2.54. The lowest BCUT2D eigenvalue weighted by molar-refractivity contribution is 0.0851. The van der Waals surface area contributed by atoms with Gasteiger partial charge in [-0.1, -0.05) is 84.9 Å². The Morgan fingerprint density at radius 3 is 2.04 bits per heavy atom. The third-order valence-electron chi connectivity index (χ3n) is 5.46. The average Bonchev–Trinajstić information content (AvgIpc) is 3.19. The third kappa shape index (κ3) is 1.55. The molecule has 0 amide bonds. The minimum absolute atomic E-state index is 0.0654. The first-order valence-corrected chi connectivity index (χ1v) is 8.37. The molecule has 1 heterocycles. The molecule has 1 N–H and O–H groups in total. The van der Waals surface area contributed by atoms with Crippen LogP contribution in [0.1, 0.15) is 27.0 Å². The molecule has 1 aliphatic carbocycles. The van der Waals surface area contributed by atoms with Crippen molar-refractivity contribution in [2.45, 2.75) is 11.0 Å². The predicted molar refractivity (Wildman–Crippen MR) is 97.7 cm³/mol. The Kier molecular flexibility index (Phi) is 2.78. The number of hydrazone groups is 1. The van der Waals surface area contributed by atoms with E-state index in [-0.39, 0.29) is 5.78 Å². The number of Topliss-reactive ketones (excluding diaryl/α,β-unsaturated/α-hetero) is 1. The average molecular weight is 324 g/mol. The van der Waals surface area contributed by atoms with Crippen molar-refractivity contribution in [3.05, 3.63) is 107 Å². The second-order valence-corrected chi connectivity index (χ2v) is 6.53. The first kappa shape index (κ1) is 14.2. The van der Waals surface area contributed by atoms with Gasteiger partial charge in [-0.3, -0.25) is 10.2 Å². The molecule has 2 aliphatic rings. The second-order valence-electron chi connectivity index (χ2n) is 6.53. The number of rotatable bonds is 2. The molecule has 0 unspecified atom stereocenters. The summed E-state index contributed by atoms with van der Waals surface area (Å²) in [4.78, 5) is 13.6. The Labute approximate surface area is 146 Å². The van der Waals surface area contributed by atoms with E-state index in [1.54, 1.807) is 0 Å². The highest BCUT2D eigenvalue weighted by Crippen LogP contribution is 2.56. The van der Waals surface area contributed by atoms with E-state index in [9.17, 15) is 4.79 Å². The molecule has 2 atom stereocenters. The lowest BCUT2D eigenvalue weighted by Gasteiger charge is -2.38. The Hall–Kier alpha value is -3.20. The summed E-state index contributed by atoms with van der Waals surface area (Å²) in [5.41, 5.74) is 5.36. The minimum atomic E-state index is -0.945. The van der Waals surface area contributed by atoms with Crippen LogP contribution in [0.5, 0.6) is 0 Å². The molecule has 0 saturated carbocycles. The summed E-state index contributed by atoms with van der Waals surface area (Å²) in [7, 11) is 0. The number of benzene rings is 3. The molecule has 25 heavy (non-hydrogen) atoms. The van der Waals surface area contributed by atoms with Gasteiger partial charge >= 0.3 is 0 Å². The first-order valence-electron chi connectivity index (χ1n) is 8.37. The normalized spacial score (nSPS) is 26.2. The van der Waals surface area contributed by atoms with E-state index in [2.05, 4.69) is 22.7 Å². The molecule has 0 radical (unpaired) electrons. The Balaban J connectivity index is 1.92. The van der Waals surface area contributed by atoms with Gasteiger partial charge in [0.25, 0.3) is 0 Å². The maximum Gasteiger partial charge on any atom is 0.196 e. The molecule has 1 aliphatic heterocycles. The summed E-state index contributed by atoms with van der Waals surface area (Å²) in [5.74, 6) is 0.0654. The van der Waals surface area contributed by atoms with Gasteiger partial charge in [0.1, 0.15) is 0 Å². The zero-order chi connectivity index (χ0) is 16.9. The van der Waals surface area contributed by atoms with E-state index < -0.39 is 11.0 Å². The summed E-state index contributed by atoms with van der Waals surface area (Å²) < 4.78 is 0. The Morgan fingerprint density at radius 2 is 1.32 bits per heavy atom. The molecular formula is C22H16N2O. The number of hydrogen-bond acceptors (Lipinski definition) is 3. The van der Waals surface area contributed by atoms with Gasteiger partial charge in [-0.25, -0.2) is 0 Å². The van der Waals surface area contributed by atoms with Gasteiger partial charge in [0, 0.05) is 11.8 Å². The standard InChI is InChI=1S/C22H16N2O/c25-20-18-13-7-8-14-19(18)21(16-9-3-1-4-10-16)15-23-24-22(20,21)17-11-5-2-6-12-17/h1-15,24H/t21-,22-/m1/s1. The van der Waals surface area contributed by atoms with Gasteiger partial charge in [-0.2, -0.15) is 5.10 Å². The number of carbonyl (C=O) groups is 1. The molecule has 120 valence electrons. The van der Waals surface area contributed by atoms with E-state index in [4.69, 9.17) is 0 Å². The van der Waals surface area contributed by atoms with Crippen LogP contribution in [-0.2, 0) is 11.0 Å². The quantitative estimate of drug-likeness (QED) is 0.782. The molecule has 0 aromatic heterocycles. The topological polar surface area (TPSA) is 41.5 Å². The number of nitrogens with zero attached hydrogens (tertiary/aromatic N) is 1. The van der Waals surface area contributed by atoms with Crippen LogP contribution in [0.25, 0.3) is 0 Å². The van der Waals surface area contributed by atoms with Crippen molar-refractivity contribution >= 4 is 12.0 Å². The number of nitrogens with one attached hydrogen (secondary N) is 1. The first-order chi connectivity index (χ1) is 12.3. The van der Waals surface area contributed by atoms with Crippen LogP contribution in [-0.4, -0.2) is 12.0 Å². The van der Waals surface area contributed by atoms with E-state index in [0.717, 1.165) is 22.3 Å². The summed E-state index contributed by atoms with van der Waals surface area (Å²) in [6.07, 6.45) is 1.90. The summed E-state index contributed by atoms with van der Waals surface area (Å²) >= 11 is 0. The molecule has 0 bridgehead atoms. The SMILES string of the molecule is O=C1c2ccccc2[C@]2(c3ccccc3)C=NN[C@]12c1ccccc1. The number of carbonyl (C=O) groups excluding carboxylic acids is 1. The largest absolute Gasteiger partial charge is 0.291 e. The van der Waals surface area contributed by atoms with Crippen molar-refractivity contribution in [3.63, 3.8) is 0 Å². The number of hydrogen-bond donors (Lipinski definition) is 1. The van der Waals surface area contributed by atoms with Crippen molar-refractivity contribution < 1.29 is 4.79 Å². The van der Waals surface area contributed by atoms with E-state index in [1.807, 2.05) is 79.0 Å². The molecule has 0 fully saturated rings. The predicted octanol–water partition coefficient (Wildman–Crippen LogP) is 3.65. The van der Waals surface area contributed by atoms with Crippen molar-refractivity contribution in [3.8, 4) is 0 Å². The molecule has 3 aromatic carbocycles. The fraction of sp³-hybridized carbons (Fsp3) is 0.0909. The van der Waals surface area contributed by atoms with Crippen LogP contribution in [0.15, 0.2) is 90.0 Å². The van der Waals surface area contributed by atoms with Gasteiger partial charge < -0.3 is 0 Å². The smallest absolute Gasteiger partial charge is 0.196 e. The van der Waals surface area contributed by atoms with Crippen molar-refractivity contribution in [2.75, 3.05) is 0 Å². The fourth-order valence-corrected chi connectivity index (χ4v) is 4.40. The molecule has 0 spiro atoms. The van der Waals surface area contributed by atoms with Crippen LogP contribution in [0, 0.1) is 0 Å². The third-order valence-corrected chi connectivity index (χ3v) is 5.46. The highest BCUT2D eigenvalue weighted by atomic mass is 16.1. The second kappa shape index (κ2) is 4.90. The van der Waals surface area contributed by atoms with Gasteiger partial charge in [-0.15, -0.1) is 0 Å². The summed E-state index contributed by atoms with van der Waals surface area (Å²) in [6.45, 7) is 0. The highest BCUT2D eigenvalue weighted by Gasteiger charge is 2.66. The molecule has 3 aromatic rings. The Morgan fingerprint density at radius 1 is 0.720 bits per heavy atom. The van der Waals surface area contributed by atoms with Crippen LogP contribution in [0.4, 0.5) is 0 Å². The van der Waals surface area contributed by atoms with Gasteiger partial charge in [0.05, 0.1) is 5.41 Å². The Bertz CT molecular complexity index is 997. The van der Waals surface area contributed by atoms with Crippen LogP contribution in [0.2, 0.25) is 0 Å². The van der Waals surface area contributed by atoms with Crippen LogP contribution in [0.3, 0.4) is 0 Å². The van der Waals surface area contributed by atoms with Crippen LogP contribution >= 0.6 is 0 Å². The maximum absolute atomic E-state index is 13.6. The van der Waals surface area contributed by atoms with Gasteiger partial charge in [0.2, 0.25) is 0 Å². The molecule has 3 nitrogen and oxygen atoms in total. The number of fused-ring (bicyclic) bond motifs is 3. The molecular weight excluding hydrogens is 308 g/mol. The van der Waals surface area contributed by atoms with Crippen molar-refractivity contribution in [2.24, 2.45) is 5.10 Å². The zero-order valence-corrected chi connectivity index (χ0v) is 13.5. The van der Waals surface area contributed by atoms with Crippen LogP contribution < -0.4 is 5.43 Å². The van der Waals surface area contributed by atoms with E-state index in [1.165, 1.54) is 0 Å².